The summed E-state index contributed by atoms with van der Waals surface area (Å²) in [5.74, 6) is 0. The molecule has 3 aromatic rings. The van der Waals surface area contributed by atoms with Crippen LogP contribution in [0.3, 0.4) is 0 Å². The average molecular weight is 450 g/mol. The fourth-order valence-electron chi connectivity index (χ4n) is 3.20. The molecule has 1 aliphatic heterocycles. The summed E-state index contributed by atoms with van der Waals surface area (Å²) in [5.41, 5.74) is 2.32. The molecule has 2 aromatic carbocycles. The monoisotopic (exact) mass is 449 g/mol. The van der Waals surface area contributed by atoms with Gasteiger partial charge in [-0.3, -0.25) is 0 Å². The van der Waals surface area contributed by atoms with E-state index in [-0.39, 0.29) is 9.79 Å². The van der Waals surface area contributed by atoms with Gasteiger partial charge in [0.25, 0.3) is 0 Å². The van der Waals surface area contributed by atoms with Gasteiger partial charge in [-0.1, -0.05) is 24.3 Å². The second-order valence-corrected chi connectivity index (χ2v) is 11.1. The zero-order valence-corrected chi connectivity index (χ0v) is 17.8. The predicted octanol–water partition coefficient (Wildman–Crippen LogP) is 2.91. The second kappa shape index (κ2) is 7.62. The van der Waals surface area contributed by atoms with Crippen molar-refractivity contribution in [1.29, 1.82) is 0 Å². The number of aromatic nitrogens is 1. The molecule has 29 heavy (non-hydrogen) atoms. The summed E-state index contributed by atoms with van der Waals surface area (Å²) in [5, 5.41) is 7.73. The zero-order chi connectivity index (χ0) is 20.6. The SMILES string of the molecule is NS(=O)(=O)c1ccc(-c2nc(-c3ccc(S(=O)(=O)N4CCCC4)cc3)cs2)cc1. The van der Waals surface area contributed by atoms with Crippen molar-refractivity contribution < 1.29 is 16.8 Å². The van der Waals surface area contributed by atoms with Gasteiger partial charge in [0.15, 0.2) is 0 Å². The maximum Gasteiger partial charge on any atom is 0.243 e. The average Bonchev–Trinajstić information content (AvgIpc) is 3.40. The van der Waals surface area contributed by atoms with Crippen LogP contribution in [0.15, 0.2) is 63.7 Å². The third-order valence-corrected chi connectivity index (χ3v) is 8.52. The van der Waals surface area contributed by atoms with Crippen molar-refractivity contribution in [2.75, 3.05) is 13.1 Å². The van der Waals surface area contributed by atoms with E-state index in [4.69, 9.17) is 5.14 Å². The molecule has 0 saturated carbocycles. The number of rotatable bonds is 5. The third-order valence-electron chi connectivity index (χ3n) is 4.79. The highest BCUT2D eigenvalue weighted by atomic mass is 32.2. The van der Waals surface area contributed by atoms with Crippen molar-refractivity contribution in [3.8, 4) is 21.8 Å². The van der Waals surface area contributed by atoms with E-state index in [2.05, 4.69) is 4.98 Å². The van der Waals surface area contributed by atoms with E-state index in [9.17, 15) is 16.8 Å². The Balaban J connectivity index is 1.57. The summed E-state index contributed by atoms with van der Waals surface area (Å²) in [6.45, 7) is 1.15. The van der Waals surface area contributed by atoms with E-state index in [0.29, 0.717) is 13.1 Å². The van der Waals surface area contributed by atoms with E-state index in [1.807, 2.05) is 5.38 Å². The zero-order valence-electron chi connectivity index (χ0n) is 15.4. The van der Waals surface area contributed by atoms with Crippen LogP contribution in [0.1, 0.15) is 12.8 Å². The van der Waals surface area contributed by atoms with Gasteiger partial charge in [0, 0.05) is 29.6 Å². The lowest BCUT2D eigenvalue weighted by Crippen LogP contribution is -2.27. The molecule has 1 saturated heterocycles. The normalized spacial score (nSPS) is 15.6. The summed E-state index contributed by atoms with van der Waals surface area (Å²) in [6.07, 6.45) is 1.80. The van der Waals surface area contributed by atoms with Gasteiger partial charge < -0.3 is 0 Å². The molecule has 0 bridgehead atoms. The third kappa shape index (κ3) is 4.12. The largest absolute Gasteiger partial charge is 0.243 e. The molecule has 0 unspecified atom stereocenters. The molecule has 10 heteroatoms. The molecule has 2 N–H and O–H groups in total. The van der Waals surface area contributed by atoms with Crippen LogP contribution in [0.4, 0.5) is 0 Å². The van der Waals surface area contributed by atoms with Crippen LogP contribution >= 0.6 is 11.3 Å². The highest BCUT2D eigenvalue weighted by Crippen LogP contribution is 2.30. The molecule has 1 aliphatic rings. The highest BCUT2D eigenvalue weighted by molar-refractivity contribution is 7.89. The molecule has 0 atom stereocenters. The van der Waals surface area contributed by atoms with Gasteiger partial charge in [-0.25, -0.2) is 27.0 Å². The topological polar surface area (TPSA) is 110 Å². The number of nitrogens with zero attached hydrogens (tertiary/aromatic N) is 2. The molecule has 0 amide bonds. The van der Waals surface area contributed by atoms with Gasteiger partial charge in [0.1, 0.15) is 5.01 Å². The van der Waals surface area contributed by atoms with E-state index >= 15 is 0 Å². The van der Waals surface area contributed by atoms with Crippen LogP contribution < -0.4 is 5.14 Å². The van der Waals surface area contributed by atoms with Crippen molar-refractivity contribution in [3.63, 3.8) is 0 Å². The Morgan fingerprint density at radius 1 is 0.828 bits per heavy atom. The number of benzene rings is 2. The van der Waals surface area contributed by atoms with Crippen LogP contribution in [-0.2, 0) is 20.0 Å². The Morgan fingerprint density at radius 3 is 1.97 bits per heavy atom. The second-order valence-electron chi connectivity index (χ2n) is 6.74. The van der Waals surface area contributed by atoms with Gasteiger partial charge in [0.05, 0.1) is 15.5 Å². The predicted molar refractivity (Wildman–Crippen MR) is 112 cm³/mol. The van der Waals surface area contributed by atoms with Gasteiger partial charge >= 0.3 is 0 Å². The molecule has 1 fully saturated rings. The Bertz CT molecular complexity index is 1230. The van der Waals surface area contributed by atoms with E-state index in [1.54, 1.807) is 36.4 Å². The Labute approximate surface area is 173 Å². The number of hydrogen-bond donors (Lipinski definition) is 1. The van der Waals surface area contributed by atoms with E-state index in [1.165, 1.54) is 27.8 Å². The lowest BCUT2D eigenvalue weighted by Gasteiger charge is -2.15. The fraction of sp³-hybridized carbons (Fsp3) is 0.211. The van der Waals surface area contributed by atoms with Crippen molar-refractivity contribution in [2.45, 2.75) is 22.6 Å². The molecule has 0 spiro atoms. The van der Waals surface area contributed by atoms with Gasteiger partial charge in [-0.2, -0.15) is 4.31 Å². The Morgan fingerprint density at radius 2 is 1.38 bits per heavy atom. The molecule has 4 rings (SSSR count). The minimum Gasteiger partial charge on any atom is -0.236 e. The minimum absolute atomic E-state index is 0.0489. The van der Waals surface area contributed by atoms with Crippen molar-refractivity contribution in [3.05, 3.63) is 53.9 Å². The molecular formula is C19H19N3O4S3. The summed E-state index contributed by atoms with van der Waals surface area (Å²) in [4.78, 5) is 4.93. The maximum atomic E-state index is 12.6. The number of sulfonamides is 2. The van der Waals surface area contributed by atoms with Gasteiger partial charge in [0.2, 0.25) is 20.0 Å². The van der Waals surface area contributed by atoms with E-state index < -0.39 is 20.0 Å². The maximum absolute atomic E-state index is 12.6. The first-order chi connectivity index (χ1) is 13.7. The van der Waals surface area contributed by atoms with Crippen LogP contribution in [-0.4, -0.2) is 39.2 Å². The van der Waals surface area contributed by atoms with Crippen LogP contribution in [0.25, 0.3) is 21.8 Å². The Hall–Kier alpha value is -2.11. The lowest BCUT2D eigenvalue weighted by atomic mass is 10.2. The van der Waals surface area contributed by atoms with Gasteiger partial charge in [-0.15, -0.1) is 11.3 Å². The van der Waals surface area contributed by atoms with Crippen molar-refractivity contribution in [1.82, 2.24) is 9.29 Å². The molecule has 0 radical (unpaired) electrons. The van der Waals surface area contributed by atoms with Crippen molar-refractivity contribution >= 4 is 31.4 Å². The molecule has 2 heterocycles. The lowest BCUT2D eigenvalue weighted by molar-refractivity contribution is 0.477. The quantitative estimate of drug-likeness (QED) is 0.644. The van der Waals surface area contributed by atoms with Crippen LogP contribution in [0.2, 0.25) is 0 Å². The van der Waals surface area contributed by atoms with Crippen molar-refractivity contribution in [2.24, 2.45) is 5.14 Å². The summed E-state index contributed by atoms with van der Waals surface area (Å²) in [7, 11) is -7.17. The first-order valence-electron chi connectivity index (χ1n) is 8.94. The number of nitrogens with two attached hydrogens (primary N) is 1. The fourth-order valence-corrected chi connectivity index (χ4v) is 6.07. The van der Waals surface area contributed by atoms with E-state index in [0.717, 1.165) is 34.7 Å². The highest BCUT2D eigenvalue weighted by Gasteiger charge is 2.27. The molecule has 152 valence electrons. The standard InChI is InChI=1S/C19H19N3O4S3/c20-28(23,24)16-7-5-15(6-8-16)19-21-18(13-27-19)14-3-9-17(10-4-14)29(25,26)22-11-1-2-12-22/h3-10,13H,1-2,11-12H2,(H2,20,23,24). The smallest absolute Gasteiger partial charge is 0.236 e. The molecule has 1 aromatic heterocycles. The number of thiazole rings is 1. The first-order valence-corrected chi connectivity index (χ1v) is 12.8. The van der Waals surface area contributed by atoms with Gasteiger partial charge in [-0.05, 0) is 37.1 Å². The molecular weight excluding hydrogens is 430 g/mol. The Kier molecular flexibility index (Phi) is 5.30. The molecule has 7 nitrogen and oxygen atoms in total. The first kappa shape index (κ1) is 20.2. The number of hydrogen-bond acceptors (Lipinski definition) is 6. The van der Waals surface area contributed by atoms with Crippen LogP contribution in [0.5, 0.6) is 0 Å². The summed E-state index contributed by atoms with van der Waals surface area (Å²) < 4.78 is 49.5. The number of primary sulfonamides is 1. The molecule has 0 aliphatic carbocycles. The minimum atomic E-state index is -3.73. The summed E-state index contributed by atoms with van der Waals surface area (Å²) in [6, 6.07) is 13.0. The summed E-state index contributed by atoms with van der Waals surface area (Å²) >= 11 is 1.42. The van der Waals surface area contributed by atoms with Crippen LogP contribution in [0, 0.1) is 0 Å².